The van der Waals surface area contributed by atoms with Crippen LogP contribution in [0.15, 0.2) is 57.7 Å². The normalized spacial score (nSPS) is 20.1. The van der Waals surface area contributed by atoms with Crippen LogP contribution in [0.1, 0.15) is 23.2 Å². The molecule has 140 valence electrons. The molecule has 0 bridgehead atoms. The van der Waals surface area contributed by atoms with E-state index in [-0.39, 0.29) is 17.0 Å². The minimum atomic E-state index is 0. The number of aromatic amines is 2. The predicted octanol–water partition coefficient (Wildman–Crippen LogP) is 5.73. The SMILES string of the molecule is Br.Brc1ccc2[nH]cc([C@H]3CN[C@@H](c4c[nH]c5ccc(Br)cc45)CN3)c2c1. The van der Waals surface area contributed by atoms with Crippen LogP contribution in [0.5, 0.6) is 0 Å². The van der Waals surface area contributed by atoms with Gasteiger partial charge in [0.05, 0.1) is 0 Å². The first-order valence-electron chi connectivity index (χ1n) is 8.69. The molecule has 4 nitrogen and oxygen atoms in total. The van der Waals surface area contributed by atoms with Crippen molar-refractivity contribution in [3.63, 3.8) is 0 Å². The fraction of sp³-hybridized carbons (Fsp3) is 0.200. The Bertz CT molecular complexity index is 1010. The van der Waals surface area contributed by atoms with Crippen LogP contribution in [-0.2, 0) is 0 Å². The molecule has 3 heterocycles. The maximum absolute atomic E-state index is 3.73. The van der Waals surface area contributed by atoms with Crippen molar-refractivity contribution in [1.82, 2.24) is 20.6 Å². The van der Waals surface area contributed by atoms with Crippen LogP contribution >= 0.6 is 48.8 Å². The molecule has 0 aliphatic carbocycles. The van der Waals surface area contributed by atoms with Crippen LogP contribution in [-0.4, -0.2) is 23.1 Å². The van der Waals surface area contributed by atoms with Gasteiger partial charge in [-0.05, 0) is 47.5 Å². The molecular formula is C20H19Br3N4. The molecule has 27 heavy (non-hydrogen) atoms. The van der Waals surface area contributed by atoms with Crippen LogP contribution in [0, 0.1) is 0 Å². The first-order valence-corrected chi connectivity index (χ1v) is 10.3. The summed E-state index contributed by atoms with van der Waals surface area (Å²) < 4.78 is 2.22. The van der Waals surface area contributed by atoms with Crippen molar-refractivity contribution in [2.45, 2.75) is 12.1 Å². The average molecular weight is 555 g/mol. The second kappa shape index (κ2) is 7.72. The van der Waals surface area contributed by atoms with Gasteiger partial charge in [0.25, 0.3) is 0 Å². The van der Waals surface area contributed by atoms with Crippen LogP contribution in [0.4, 0.5) is 0 Å². The molecule has 5 rings (SSSR count). The zero-order valence-corrected chi connectivity index (χ0v) is 19.2. The van der Waals surface area contributed by atoms with E-state index in [1.54, 1.807) is 0 Å². The van der Waals surface area contributed by atoms with Gasteiger partial charge in [0.15, 0.2) is 0 Å². The molecule has 4 aromatic rings. The first-order chi connectivity index (χ1) is 12.7. The number of H-pyrrole nitrogens is 2. The maximum atomic E-state index is 3.73. The van der Waals surface area contributed by atoms with E-state index in [2.05, 4.69) is 101 Å². The van der Waals surface area contributed by atoms with Gasteiger partial charge in [0.2, 0.25) is 0 Å². The third-order valence-corrected chi connectivity index (χ3v) is 6.23. The lowest BCUT2D eigenvalue weighted by Crippen LogP contribution is -2.44. The van der Waals surface area contributed by atoms with Crippen LogP contribution in [0.2, 0.25) is 0 Å². The number of rotatable bonds is 2. The summed E-state index contributed by atoms with van der Waals surface area (Å²) in [7, 11) is 0. The van der Waals surface area contributed by atoms with Gasteiger partial charge in [-0.3, -0.25) is 0 Å². The monoisotopic (exact) mass is 552 g/mol. The Hall–Kier alpha value is -1.12. The highest BCUT2D eigenvalue weighted by atomic mass is 79.9. The van der Waals surface area contributed by atoms with E-state index in [0.717, 1.165) is 22.0 Å². The van der Waals surface area contributed by atoms with Crippen molar-refractivity contribution in [3.05, 3.63) is 68.9 Å². The molecule has 1 aliphatic rings. The van der Waals surface area contributed by atoms with Gasteiger partial charge in [0.1, 0.15) is 0 Å². The van der Waals surface area contributed by atoms with Gasteiger partial charge >= 0.3 is 0 Å². The summed E-state index contributed by atoms with van der Waals surface area (Å²) in [5.74, 6) is 0. The van der Waals surface area contributed by atoms with E-state index >= 15 is 0 Å². The third-order valence-electron chi connectivity index (χ3n) is 5.24. The van der Waals surface area contributed by atoms with Crippen LogP contribution < -0.4 is 10.6 Å². The molecule has 1 aliphatic heterocycles. The molecule has 0 amide bonds. The highest BCUT2D eigenvalue weighted by Crippen LogP contribution is 2.31. The van der Waals surface area contributed by atoms with Crippen molar-refractivity contribution in [3.8, 4) is 0 Å². The number of nitrogens with one attached hydrogen (secondary N) is 4. The van der Waals surface area contributed by atoms with E-state index in [1.807, 2.05) is 0 Å². The minimum absolute atomic E-state index is 0. The summed E-state index contributed by atoms with van der Waals surface area (Å²) in [6.07, 6.45) is 4.25. The summed E-state index contributed by atoms with van der Waals surface area (Å²) in [6, 6.07) is 13.3. The van der Waals surface area contributed by atoms with Gasteiger partial charge < -0.3 is 20.6 Å². The van der Waals surface area contributed by atoms with Crippen molar-refractivity contribution >= 4 is 70.6 Å². The van der Waals surface area contributed by atoms with Crippen LogP contribution in [0.3, 0.4) is 0 Å². The minimum Gasteiger partial charge on any atom is -0.361 e. The number of hydrogen-bond acceptors (Lipinski definition) is 2. The summed E-state index contributed by atoms with van der Waals surface area (Å²) in [5, 5.41) is 10.00. The first kappa shape index (κ1) is 19.2. The molecule has 7 heteroatoms. The van der Waals surface area contributed by atoms with Crippen molar-refractivity contribution < 1.29 is 0 Å². The molecule has 2 atom stereocenters. The van der Waals surface area contributed by atoms with Gasteiger partial charge in [0, 0.05) is 68.3 Å². The molecule has 0 radical (unpaired) electrons. The summed E-state index contributed by atoms with van der Waals surface area (Å²) in [4.78, 5) is 6.77. The zero-order chi connectivity index (χ0) is 17.7. The largest absolute Gasteiger partial charge is 0.361 e. The molecule has 0 spiro atoms. The number of hydrogen-bond donors (Lipinski definition) is 4. The second-order valence-corrected chi connectivity index (χ2v) is 8.62. The fourth-order valence-corrected chi connectivity index (χ4v) is 4.63. The van der Waals surface area contributed by atoms with E-state index in [0.29, 0.717) is 12.1 Å². The molecular weight excluding hydrogens is 536 g/mol. The summed E-state index contributed by atoms with van der Waals surface area (Å²) in [6.45, 7) is 1.79. The standard InChI is InChI=1S/C20H18Br2N4.BrH/c21-11-1-3-17-13(5-11)15(7-23-17)19-9-26-20(10-25-19)16-8-24-18-4-2-12(22)6-14(16)18;/h1-8,19-20,23-26H,9-10H2;1H/t19-,20-;/m1./s1. The highest BCUT2D eigenvalue weighted by Gasteiger charge is 2.25. The summed E-state index contributed by atoms with van der Waals surface area (Å²) in [5.41, 5.74) is 4.98. The van der Waals surface area contributed by atoms with Crippen molar-refractivity contribution in [1.29, 1.82) is 0 Å². The molecule has 0 saturated carbocycles. The van der Waals surface area contributed by atoms with E-state index < -0.39 is 0 Å². The predicted molar refractivity (Wildman–Crippen MR) is 124 cm³/mol. The Balaban J connectivity index is 0.00000180. The second-order valence-electron chi connectivity index (χ2n) is 6.79. The number of fused-ring (bicyclic) bond motifs is 2. The Morgan fingerprint density at radius 1 is 0.704 bits per heavy atom. The molecule has 2 aromatic carbocycles. The number of piperazine rings is 1. The lowest BCUT2D eigenvalue weighted by molar-refractivity contribution is 0.359. The Labute approximate surface area is 184 Å². The van der Waals surface area contributed by atoms with Crippen LogP contribution in [0.25, 0.3) is 21.8 Å². The van der Waals surface area contributed by atoms with Gasteiger partial charge in [-0.25, -0.2) is 0 Å². The highest BCUT2D eigenvalue weighted by molar-refractivity contribution is 9.10. The smallest absolute Gasteiger partial charge is 0.0468 e. The van der Waals surface area contributed by atoms with Crippen molar-refractivity contribution in [2.75, 3.05) is 13.1 Å². The van der Waals surface area contributed by atoms with E-state index in [1.165, 1.54) is 32.9 Å². The van der Waals surface area contributed by atoms with Gasteiger partial charge in [-0.2, -0.15) is 0 Å². The molecule has 2 aromatic heterocycles. The molecule has 0 unspecified atom stereocenters. The topological polar surface area (TPSA) is 55.6 Å². The number of benzene rings is 2. The number of halogens is 3. The van der Waals surface area contributed by atoms with E-state index in [9.17, 15) is 0 Å². The zero-order valence-electron chi connectivity index (χ0n) is 14.4. The fourth-order valence-electron chi connectivity index (χ4n) is 3.91. The summed E-state index contributed by atoms with van der Waals surface area (Å²) >= 11 is 7.17. The Morgan fingerprint density at radius 2 is 1.15 bits per heavy atom. The molecule has 1 fully saturated rings. The lowest BCUT2D eigenvalue weighted by atomic mass is 9.99. The Kier molecular flexibility index (Phi) is 5.49. The Morgan fingerprint density at radius 3 is 1.56 bits per heavy atom. The maximum Gasteiger partial charge on any atom is 0.0468 e. The molecule has 1 saturated heterocycles. The van der Waals surface area contributed by atoms with Gasteiger partial charge in [-0.1, -0.05) is 31.9 Å². The number of aromatic nitrogens is 2. The van der Waals surface area contributed by atoms with E-state index in [4.69, 9.17) is 0 Å². The van der Waals surface area contributed by atoms with Crippen molar-refractivity contribution in [2.24, 2.45) is 0 Å². The lowest BCUT2D eigenvalue weighted by Gasteiger charge is -2.31. The third kappa shape index (κ3) is 3.51. The quantitative estimate of drug-likeness (QED) is 0.256. The average Bonchev–Trinajstić information content (AvgIpc) is 3.25. The molecule has 4 N–H and O–H groups in total. The van der Waals surface area contributed by atoms with Gasteiger partial charge in [-0.15, -0.1) is 17.0 Å².